The van der Waals surface area contributed by atoms with Crippen LogP contribution in [-0.4, -0.2) is 39.8 Å². The molecule has 2 amide bonds. The molecule has 2 saturated heterocycles. The van der Waals surface area contributed by atoms with Crippen LogP contribution in [0.2, 0.25) is 0 Å². The van der Waals surface area contributed by atoms with Crippen molar-refractivity contribution >= 4 is 11.8 Å². The van der Waals surface area contributed by atoms with Crippen LogP contribution in [-0.2, 0) is 0 Å². The lowest BCUT2D eigenvalue weighted by atomic mass is 9.87. The predicted octanol–water partition coefficient (Wildman–Crippen LogP) is 3.88. The number of rotatable bonds is 4. The van der Waals surface area contributed by atoms with Gasteiger partial charge in [0.15, 0.2) is 0 Å². The molecule has 3 heterocycles. The van der Waals surface area contributed by atoms with Crippen molar-refractivity contribution in [3.63, 3.8) is 0 Å². The summed E-state index contributed by atoms with van der Waals surface area (Å²) in [5, 5.41) is 3.15. The molecule has 2 aliphatic heterocycles. The first-order valence-electron chi connectivity index (χ1n) is 10.4. The first-order chi connectivity index (χ1) is 13.8. The molecule has 0 atom stereocenters. The third kappa shape index (κ3) is 3.43. The Labute approximate surface area is 172 Å². The van der Waals surface area contributed by atoms with E-state index in [2.05, 4.69) is 16.4 Å². The largest absolute Gasteiger partial charge is 0.350 e. The van der Waals surface area contributed by atoms with E-state index in [9.17, 15) is 9.59 Å². The summed E-state index contributed by atoms with van der Waals surface area (Å²) in [6, 6.07) is 8.05. The average Bonchev–Trinajstić information content (AvgIpc) is 3.24. The summed E-state index contributed by atoms with van der Waals surface area (Å²) in [5.41, 5.74) is 5.18. The molecular weight excluding hydrogens is 362 g/mol. The number of benzene rings is 1. The maximum atomic E-state index is 13.3. The number of carbonyl (C=O) groups excluding carboxylic acids is 2. The number of hydrogen-bond acceptors (Lipinski definition) is 3. The molecule has 0 saturated carbocycles. The van der Waals surface area contributed by atoms with Crippen LogP contribution in [0, 0.1) is 27.7 Å². The number of hydrogen-bond donors (Lipinski definition) is 1. The van der Waals surface area contributed by atoms with Crippen molar-refractivity contribution < 1.29 is 9.59 Å². The number of nitrogens with zero attached hydrogens (tertiary/aromatic N) is 2. The molecule has 0 radical (unpaired) electrons. The Bertz CT molecular complexity index is 974. The highest BCUT2D eigenvalue weighted by molar-refractivity contribution is 5.96. The van der Waals surface area contributed by atoms with Crippen molar-refractivity contribution in [3.8, 4) is 0 Å². The summed E-state index contributed by atoms with van der Waals surface area (Å²) in [6.45, 7) is 8.50. The summed E-state index contributed by atoms with van der Waals surface area (Å²) < 4.78 is 0. The molecule has 4 rings (SSSR count). The van der Waals surface area contributed by atoms with Gasteiger partial charge in [0.2, 0.25) is 0 Å². The molecule has 0 spiro atoms. The lowest BCUT2D eigenvalue weighted by Crippen LogP contribution is -2.52. The van der Waals surface area contributed by atoms with Crippen LogP contribution in [0.25, 0.3) is 0 Å². The van der Waals surface area contributed by atoms with Gasteiger partial charge in [-0.1, -0.05) is 11.6 Å². The Balaban J connectivity index is 1.55. The third-order valence-corrected chi connectivity index (χ3v) is 6.75. The van der Waals surface area contributed by atoms with Crippen molar-refractivity contribution in [1.82, 2.24) is 15.2 Å². The van der Waals surface area contributed by atoms with E-state index in [1.165, 1.54) is 0 Å². The first-order valence-corrected chi connectivity index (χ1v) is 10.4. The van der Waals surface area contributed by atoms with Gasteiger partial charge in [-0.05, 0) is 88.3 Å². The molecule has 1 aromatic carbocycles. The molecular formula is C24H29N3O2. The minimum Gasteiger partial charge on any atom is -0.350 e. The summed E-state index contributed by atoms with van der Waals surface area (Å²) >= 11 is 0. The zero-order valence-corrected chi connectivity index (χ0v) is 17.7. The SMILES string of the molecule is Cc1ccnc(C(=O)N2C3CCC2(CNC(=O)c2cc(C)cc(C)c2C)CC3)c1. The maximum Gasteiger partial charge on any atom is 0.273 e. The highest BCUT2D eigenvalue weighted by Crippen LogP contribution is 2.46. The number of amides is 2. The minimum absolute atomic E-state index is 0.00877. The third-order valence-electron chi connectivity index (χ3n) is 6.75. The zero-order valence-electron chi connectivity index (χ0n) is 17.7. The summed E-state index contributed by atoms with van der Waals surface area (Å²) in [6.07, 6.45) is 5.55. The van der Waals surface area contributed by atoms with Crippen molar-refractivity contribution in [2.75, 3.05) is 6.54 Å². The maximum absolute atomic E-state index is 13.3. The Hall–Kier alpha value is -2.69. The molecule has 2 aromatic rings. The fourth-order valence-electron chi connectivity index (χ4n) is 5.06. The van der Waals surface area contributed by atoms with Gasteiger partial charge >= 0.3 is 0 Å². The minimum atomic E-state index is -0.296. The molecule has 29 heavy (non-hydrogen) atoms. The van der Waals surface area contributed by atoms with Gasteiger partial charge in [-0.15, -0.1) is 0 Å². The Morgan fingerprint density at radius 1 is 1.10 bits per heavy atom. The fourth-order valence-corrected chi connectivity index (χ4v) is 5.06. The highest BCUT2D eigenvalue weighted by atomic mass is 16.2. The monoisotopic (exact) mass is 391 g/mol. The summed E-state index contributed by atoms with van der Waals surface area (Å²) in [4.78, 5) is 32.6. The quantitative estimate of drug-likeness (QED) is 0.860. The van der Waals surface area contributed by atoms with Crippen LogP contribution in [0.1, 0.15) is 68.8 Å². The zero-order chi connectivity index (χ0) is 20.8. The van der Waals surface area contributed by atoms with E-state index < -0.39 is 0 Å². The Kier molecular flexibility index (Phi) is 4.93. The molecule has 1 aromatic heterocycles. The second-order valence-corrected chi connectivity index (χ2v) is 8.79. The van der Waals surface area contributed by atoms with Crippen LogP contribution in [0.3, 0.4) is 0 Å². The van der Waals surface area contributed by atoms with Gasteiger partial charge in [0.25, 0.3) is 11.8 Å². The van der Waals surface area contributed by atoms with Crippen LogP contribution in [0.4, 0.5) is 0 Å². The van der Waals surface area contributed by atoms with Crippen molar-refractivity contribution in [2.24, 2.45) is 0 Å². The first kappa shape index (κ1) is 19.6. The summed E-state index contributed by atoms with van der Waals surface area (Å²) in [7, 11) is 0. The van der Waals surface area contributed by atoms with Gasteiger partial charge in [0, 0.05) is 24.3 Å². The molecule has 5 nitrogen and oxygen atoms in total. The van der Waals surface area contributed by atoms with Gasteiger partial charge in [-0.3, -0.25) is 14.6 Å². The van der Waals surface area contributed by atoms with Gasteiger partial charge in [0.1, 0.15) is 5.69 Å². The van der Waals surface area contributed by atoms with Crippen molar-refractivity contribution in [2.45, 2.75) is 65.0 Å². The Morgan fingerprint density at radius 3 is 2.52 bits per heavy atom. The van der Waals surface area contributed by atoms with E-state index in [-0.39, 0.29) is 23.4 Å². The van der Waals surface area contributed by atoms with E-state index in [0.717, 1.165) is 53.5 Å². The van der Waals surface area contributed by atoms with E-state index in [0.29, 0.717) is 12.2 Å². The number of pyridine rings is 1. The number of fused-ring (bicyclic) bond motifs is 2. The number of carbonyl (C=O) groups is 2. The molecule has 1 N–H and O–H groups in total. The average molecular weight is 392 g/mol. The summed E-state index contributed by atoms with van der Waals surface area (Å²) in [5.74, 6) is -0.0642. The molecule has 2 fully saturated rings. The molecule has 0 aliphatic carbocycles. The van der Waals surface area contributed by atoms with E-state index in [1.54, 1.807) is 6.20 Å². The lowest BCUT2D eigenvalue weighted by molar-refractivity contribution is 0.0595. The normalized spacial score (nSPS) is 22.8. The van der Waals surface area contributed by atoms with Crippen LogP contribution in [0.5, 0.6) is 0 Å². The topological polar surface area (TPSA) is 62.3 Å². The number of nitrogens with one attached hydrogen (secondary N) is 1. The van der Waals surface area contributed by atoms with Gasteiger partial charge in [-0.25, -0.2) is 0 Å². The van der Waals surface area contributed by atoms with Crippen LogP contribution < -0.4 is 5.32 Å². The van der Waals surface area contributed by atoms with E-state index in [4.69, 9.17) is 0 Å². The molecule has 2 aliphatic rings. The standard InChI is InChI=1S/C24H29N3O2/c1-15-7-10-25-21(13-15)23(29)27-19-5-8-24(27,9-6-19)14-26-22(28)20-12-16(2)11-17(3)18(20)4/h7,10-13,19H,5-6,8-9,14H2,1-4H3,(H,26,28). The van der Waals surface area contributed by atoms with Crippen molar-refractivity contribution in [1.29, 1.82) is 0 Å². The molecule has 2 bridgehead atoms. The predicted molar refractivity (Wildman–Crippen MR) is 113 cm³/mol. The fraction of sp³-hybridized carbons (Fsp3) is 0.458. The van der Waals surface area contributed by atoms with Crippen molar-refractivity contribution in [3.05, 3.63) is 64.0 Å². The molecule has 152 valence electrons. The molecule has 5 heteroatoms. The van der Waals surface area contributed by atoms with E-state index >= 15 is 0 Å². The van der Waals surface area contributed by atoms with Gasteiger partial charge < -0.3 is 10.2 Å². The second-order valence-electron chi connectivity index (χ2n) is 8.79. The highest BCUT2D eigenvalue weighted by Gasteiger charge is 2.54. The second kappa shape index (κ2) is 7.29. The lowest BCUT2D eigenvalue weighted by Gasteiger charge is -2.35. The number of aromatic nitrogens is 1. The van der Waals surface area contributed by atoms with E-state index in [1.807, 2.05) is 50.8 Å². The van der Waals surface area contributed by atoms with Gasteiger partial charge in [-0.2, -0.15) is 0 Å². The van der Waals surface area contributed by atoms with Gasteiger partial charge in [0.05, 0.1) is 5.54 Å². The van der Waals surface area contributed by atoms with Crippen LogP contribution in [0.15, 0.2) is 30.5 Å². The van der Waals surface area contributed by atoms with Crippen LogP contribution >= 0.6 is 0 Å². The molecule has 0 unspecified atom stereocenters. The Morgan fingerprint density at radius 2 is 1.83 bits per heavy atom. The number of aryl methyl sites for hydroxylation is 3. The smallest absolute Gasteiger partial charge is 0.273 e.